The first-order chi connectivity index (χ1) is 5.61. The zero-order chi connectivity index (χ0) is 9.14. The molecular formula is C8H16N4. The van der Waals surface area contributed by atoms with E-state index < -0.39 is 0 Å². The lowest BCUT2D eigenvalue weighted by molar-refractivity contribution is 0.495. The van der Waals surface area contributed by atoms with E-state index in [0.29, 0.717) is 5.92 Å². The summed E-state index contributed by atoms with van der Waals surface area (Å²) in [5.41, 5.74) is 5.71. The molecule has 1 atom stereocenters. The molecule has 0 bridgehead atoms. The van der Waals surface area contributed by atoms with Crippen molar-refractivity contribution >= 4 is 0 Å². The van der Waals surface area contributed by atoms with Crippen LogP contribution in [0.3, 0.4) is 0 Å². The lowest BCUT2D eigenvalue weighted by Gasteiger charge is -2.10. The molecule has 0 amide bonds. The maximum absolute atomic E-state index is 5.71. The summed E-state index contributed by atoms with van der Waals surface area (Å²) in [5.74, 6) is 1.46. The van der Waals surface area contributed by atoms with Crippen molar-refractivity contribution in [2.75, 3.05) is 0 Å². The van der Waals surface area contributed by atoms with E-state index in [1.165, 1.54) is 0 Å². The second-order valence-corrected chi connectivity index (χ2v) is 3.52. The minimum absolute atomic E-state index is 0.0359. The van der Waals surface area contributed by atoms with Crippen molar-refractivity contribution in [3.8, 4) is 0 Å². The molecule has 1 aromatic rings. The van der Waals surface area contributed by atoms with E-state index in [1.54, 1.807) is 6.33 Å². The largest absolute Gasteiger partial charge is 0.322 e. The molecular weight excluding hydrogens is 152 g/mol. The van der Waals surface area contributed by atoms with Crippen LogP contribution in [0.25, 0.3) is 0 Å². The third-order valence-electron chi connectivity index (χ3n) is 1.61. The minimum atomic E-state index is -0.0359. The summed E-state index contributed by atoms with van der Waals surface area (Å²) >= 11 is 0. The predicted molar refractivity (Wildman–Crippen MR) is 47.5 cm³/mol. The first-order valence-corrected chi connectivity index (χ1v) is 4.24. The van der Waals surface area contributed by atoms with Crippen LogP contribution in [0.5, 0.6) is 0 Å². The molecule has 1 heterocycles. The maximum Gasteiger partial charge on any atom is 0.149 e. The van der Waals surface area contributed by atoms with E-state index in [1.807, 2.05) is 11.5 Å². The molecule has 12 heavy (non-hydrogen) atoms. The van der Waals surface area contributed by atoms with Crippen molar-refractivity contribution in [3.63, 3.8) is 0 Å². The SMILES string of the molecule is CC(C)Cn1cnnc1C(C)N. The highest BCUT2D eigenvalue weighted by atomic mass is 15.3. The fraction of sp³-hybridized carbons (Fsp3) is 0.750. The number of hydrogen-bond acceptors (Lipinski definition) is 3. The van der Waals surface area contributed by atoms with Gasteiger partial charge in [-0.25, -0.2) is 0 Å². The van der Waals surface area contributed by atoms with Crippen LogP contribution in [0, 0.1) is 5.92 Å². The van der Waals surface area contributed by atoms with E-state index >= 15 is 0 Å². The van der Waals surface area contributed by atoms with Crippen LogP contribution in [-0.2, 0) is 6.54 Å². The molecule has 2 N–H and O–H groups in total. The minimum Gasteiger partial charge on any atom is -0.322 e. The Labute approximate surface area is 72.8 Å². The number of nitrogens with zero attached hydrogens (tertiary/aromatic N) is 3. The summed E-state index contributed by atoms with van der Waals surface area (Å²) in [7, 11) is 0. The summed E-state index contributed by atoms with van der Waals surface area (Å²) in [6.07, 6.45) is 1.73. The fourth-order valence-corrected chi connectivity index (χ4v) is 1.15. The standard InChI is InChI=1S/C8H16N4/c1-6(2)4-12-5-10-11-8(12)7(3)9/h5-7H,4,9H2,1-3H3. The van der Waals surface area contributed by atoms with Crippen LogP contribution >= 0.6 is 0 Å². The normalized spacial score (nSPS) is 13.8. The fourth-order valence-electron chi connectivity index (χ4n) is 1.15. The molecule has 1 rings (SSSR count). The van der Waals surface area contributed by atoms with Crippen molar-refractivity contribution in [2.45, 2.75) is 33.4 Å². The van der Waals surface area contributed by atoms with Gasteiger partial charge in [-0.3, -0.25) is 0 Å². The van der Waals surface area contributed by atoms with Gasteiger partial charge in [0.2, 0.25) is 0 Å². The molecule has 0 saturated carbocycles. The van der Waals surface area contributed by atoms with Gasteiger partial charge in [-0.15, -0.1) is 10.2 Å². The second kappa shape index (κ2) is 3.67. The van der Waals surface area contributed by atoms with Crippen molar-refractivity contribution < 1.29 is 0 Å². The summed E-state index contributed by atoms with van der Waals surface area (Å²) < 4.78 is 2.01. The van der Waals surface area contributed by atoms with E-state index in [2.05, 4.69) is 24.0 Å². The molecule has 0 saturated heterocycles. The highest BCUT2D eigenvalue weighted by molar-refractivity contribution is 4.91. The van der Waals surface area contributed by atoms with Gasteiger partial charge in [0, 0.05) is 6.54 Å². The average molecular weight is 168 g/mol. The maximum atomic E-state index is 5.71. The molecule has 4 heteroatoms. The second-order valence-electron chi connectivity index (χ2n) is 3.52. The van der Waals surface area contributed by atoms with Gasteiger partial charge in [0.15, 0.2) is 0 Å². The summed E-state index contributed by atoms with van der Waals surface area (Å²) in [5, 5.41) is 7.79. The van der Waals surface area contributed by atoms with Crippen molar-refractivity contribution in [1.29, 1.82) is 0 Å². The van der Waals surface area contributed by atoms with E-state index in [9.17, 15) is 0 Å². The topological polar surface area (TPSA) is 56.7 Å². The summed E-state index contributed by atoms with van der Waals surface area (Å²) in [4.78, 5) is 0. The average Bonchev–Trinajstić information content (AvgIpc) is 2.33. The number of hydrogen-bond donors (Lipinski definition) is 1. The molecule has 0 fully saturated rings. The van der Waals surface area contributed by atoms with Gasteiger partial charge in [-0.2, -0.15) is 0 Å². The Morgan fingerprint density at radius 1 is 1.50 bits per heavy atom. The molecule has 1 unspecified atom stereocenters. The highest BCUT2D eigenvalue weighted by Gasteiger charge is 2.08. The van der Waals surface area contributed by atoms with Gasteiger partial charge >= 0.3 is 0 Å². The monoisotopic (exact) mass is 168 g/mol. The first kappa shape index (κ1) is 9.19. The van der Waals surface area contributed by atoms with Gasteiger partial charge in [0.05, 0.1) is 6.04 Å². The molecule has 0 aromatic carbocycles. The lowest BCUT2D eigenvalue weighted by atomic mass is 10.2. The highest BCUT2D eigenvalue weighted by Crippen LogP contribution is 2.07. The predicted octanol–water partition coefficient (Wildman–Crippen LogP) is 0.954. The molecule has 0 aliphatic carbocycles. The van der Waals surface area contributed by atoms with Crippen LogP contribution in [0.4, 0.5) is 0 Å². The van der Waals surface area contributed by atoms with Gasteiger partial charge in [0.1, 0.15) is 12.2 Å². The molecule has 0 aliphatic rings. The van der Waals surface area contributed by atoms with Crippen LogP contribution in [0.1, 0.15) is 32.6 Å². The zero-order valence-corrected chi connectivity index (χ0v) is 7.86. The number of aromatic nitrogens is 3. The van der Waals surface area contributed by atoms with Crippen molar-refractivity contribution in [3.05, 3.63) is 12.2 Å². The van der Waals surface area contributed by atoms with Gasteiger partial charge in [-0.05, 0) is 12.8 Å². The van der Waals surface area contributed by atoms with Gasteiger partial charge < -0.3 is 10.3 Å². The zero-order valence-electron chi connectivity index (χ0n) is 7.86. The number of nitrogens with two attached hydrogens (primary N) is 1. The third kappa shape index (κ3) is 2.04. The van der Waals surface area contributed by atoms with E-state index in [4.69, 9.17) is 5.73 Å². The molecule has 0 aliphatic heterocycles. The van der Waals surface area contributed by atoms with Crippen LogP contribution < -0.4 is 5.73 Å². The number of rotatable bonds is 3. The van der Waals surface area contributed by atoms with Gasteiger partial charge in [0.25, 0.3) is 0 Å². The van der Waals surface area contributed by atoms with Gasteiger partial charge in [-0.1, -0.05) is 13.8 Å². The van der Waals surface area contributed by atoms with Crippen LogP contribution in [-0.4, -0.2) is 14.8 Å². The molecule has 0 spiro atoms. The first-order valence-electron chi connectivity index (χ1n) is 4.24. The van der Waals surface area contributed by atoms with E-state index in [0.717, 1.165) is 12.4 Å². The molecule has 4 nitrogen and oxygen atoms in total. The Balaban J connectivity index is 2.77. The van der Waals surface area contributed by atoms with Crippen molar-refractivity contribution in [2.24, 2.45) is 11.7 Å². The Bertz CT molecular complexity index is 239. The van der Waals surface area contributed by atoms with Crippen LogP contribution in [0.2, 0.25) is 0 Å². The Hall–Kier alpha value is -0.900. The summed E-state index contributed by atoms with van der Waals surface area (Å²) in [6, 6.07) is -0.0359. The van der Waals surface area contributed by atoms with Crippen LogP contribution in [0.15, 0.2) is 6.33 Å². The Morgan fingerprint density at radius 2 is 2.17 bits per heavy atom. The smallest absolute Gasteiger partial charge is 0.149 e. The van der Waals surface area contributed by atoms with Crippen molar-refractivity contribution in [1.82, 2.24) is 14.8 Å². The Kier molecular flexibility index (Phi) is 2.81. The van der Waals surface area contributed by atoms with E-state index in [-0.39, 0.29) is 6.04 Å². The molecule has 0 radical (unpaired) electrons. The molecule has 1 aromatic heterocycles. The third-order valence-corrected chi connectivity index (χ3v) is 1.61. The quantitative estimate of drug-likeness (QED) is 0.731. The molecule has 68 valence electrons. The Morgan fingerprint density at radius 3 is 2.67 bits per heavy atom. The summed E-state index contributed by atoms with van der Waals surface area (Å²) in [6.45, 7) is 7.17. The lowest BCUT2D eigenvalue weighted by Crippen LogP contribution is -2.15.